The molecule has 130 valence electrons. The van der Waals surface area contributed by atoms with Gasteiger partial charge in [0.25, 0.3) is 5.56 Å². The maximum atomic E-state index is 12.7. The summed E-state index contributed by atoms with van der Waals surface area (Å²) in [5.41, 5.74) is 1.11. The van der Waals surface area contributed by atoms with Crippen LogP contribution >= 0.6 is 0 Å². The Hall–Kier alpha value is -2.38. The molecular weight excluding hydrogens is 308 g/mol. The monoisotopic (exact) mass is 332 g/mol. The molecule has 2 aromatic rings. The van der Waals surface area contributed by atoms with Crippen LogP contribution in [-0.2, 0) is 14.1 Å². The number of hydrazone groups is 1. The van der Waals surface area contributed by atoms with Gasteiger partial charge in [-0.2, -0.15) is 10.1 Å². The highest BCUT2D eigenvalue weighted by Crippen LogP contribution is 2.29. The van der Waals surface area contributed by atoms with Gasteiger partial charge in [0.15, 0.2) is 11.2 Å². The third-order valence-corrected chi connectivity index (χ3v) is 4.75. The van der Waals surface area contributed by atoms with Crippen molar-refractivity contribution in [3.05, 3.63) is 20.8 Å². The number of aryl methyl sites for hydroxylation is 1. The Balaban J connectivity index is 2.26. The quantitative estimate of drug-likeness (QED) is 0.793. The predicted octanol–water partition coefficient (Wildman–Crippen LogP) is 1.38. The van der Waals surface area contributed by atoms with Crippen molar-refractivity contribution in [1.29, 1.82) is 0 Å². The van der Waals surface area contributed by atoms with Crippen molar-refractivity contribution in [2.75, 3.05) is 11.6 Å². The van der Waals surface area contributed by atoms with Gasteiger partial charge in [-0.05, 0) is 20.3 Å². The highest BCUT2D eigenvalue weighted by atomic mass is 16.2. The van der Waals surface area contributed by atoms with E-state index in [1.807, 2.05) is 23.4 Å². The summed E-state index contributed by atoms with van der Waals surface area (Å²) in [7, 11) is 3.14. The van der Waals surface area contributed by atoms with E-state index in [9.17, 15) is 9.59 Å². The minimum atomic E-state index is -0.370. The third-order valence-electron chi connectivity index (χ3n) is 4.75. The zero-order valence-corrected chi connectivity index (χ0v) is 14.9. The van der Waals surface area contributed by atoms with Gasteiger partial charge < -0.3 is 0 Å². The predicted molar refractivity (Wildman–Crippen MR) is 94.9 cm³/mol. The largest absolute Gasteiger partial charge is 0.332 e. The first-order valence-corrected chi connectivity index (χ1v) is 8.39. The lowest BCUT2D eigenvalue weighted by molar-refractivity contribution is 0.611. The van der Waals surface area contributed by atoms with Crippen molar-refractivity contribution >= 4 is 22.8 Å². The topological polar surface area (TPSA) is 77.4 Å². The zero-order chi connectivity index (χ0) is 17.6. The maximum Gasteiger partial charge on any atom is 0.332 e. The Bertz CT molecular complexity index is 933. The molecule has 0 saturated carbocycles. The molecule has 0 amide bonds. The van der Waals surface area contributed by atoms with E-state index in [0.29, 0.717) is 17.1 Å². The Labute approximate surface area is 140 Å². The van der Waals surface area contributed by atoms with Crippen LogP contribution in [0.2, 0.25) is 0 Å². The second-order valence-corrected chi connectivity index (χ2v) is 6.41. The molecule has 24 heavy (non-hydrogen) atoms. The van der Waals surface area contributed by atoms with Crippen LogP contribution in [0, 0.1) is 0 Å². The standard InChI is InChI=1S/C16H24N6O2/c1-6-7-8-9-21-15-17-13-12(22(15)11(3)10(2)18-21)14(23)20(5)16(24)19(13)4/h11H,6-9H2,1-5H3/t11-/m1/s1. The Morgan fingerprint density at radius 3 is 2.50 bits per heavy atom. The van der Waals surface area contributed by atoms with Gasteiger partial charge in [0, 0.05) is 20.6 Å². The van der Waals surface area contributed by atoms with Crippen LogP contribution in [0.15, 0.2) is 14.7 Å². The fourth-order valence-corrected chi connectivity index (χ4v) is 3.12. The number of hydrogen-bond acceptors (Lipinski definition) is 5. The van der Waals surface area contributed by atoms with Crippen LogP contribution in [0.25, 0.3) is 11.2 Å². The SMILES string of the molecule is CCCCCN1N=C(C)[C@@H](C)n2c1nc1c2c(=O)n(C)c(=O)n1C. The van der Waals surface area contributed by atoms with E-state index >= 15 is 0 Å². The van der Waals surface area contributed by atoms with Crippen LogP contribution in [0.1, 0.15) is 46.1 Å². The van der Waals surface area contributed by atoms with E-state index in [2.05, 4.69) is 17.0 Å². The third kappa shape index (κ3) is 2.28. The molecule has 1 atom stereocenters. The van der Waals surface area contributed by atoms with E-state index < -0.39 is 0 Å². The van der Waals surface area contributed by atoms with Crippen LogP contribution < -0.4 is 16.3 Å². The Morgan fingerprint density at radius 2 is 1.83 bits per heavy atom. The molecule has 0 bridgehead atoms. The van der Waals surface area contributed by atoms with E-state index in [1.165, 1.54) is 11.6 Å². The van der Waals surface area contributed by atoms with Crippen molar-refractivity contribution in [3.8, 4) is 0 Å². The summed E-state index contributed by atoms with van der Waals surface area (Å²) in [6, 6.07) is -0.0716. The minimum absolute atomic E-state index is 0.0716. The smallest absolute Gasteiger partial charge is 0.294 e. The van der Waals surface area contributed by atoms with Crippen molar-refractivity contribution in [1.82, 2.24) is 18.7 Å². The second-order valence-electron chi connectivity index (χ2n) is 6.41. The number of aromatic nitrogens is 4. The number of unbranched alkanes of at least 4 members (excludes halogenated alkanes) is 2. The average molecular weight is 332 g/mol. The summed E-state index contributed by atoms with van der Waals surface area (Å²) >= 11 is 0. The van der Waals surface area contributed by atoms with E-state index in [4.69, 9.17) is 0 Å². The summed E-state index contributed by atoms with van der Waals surface area (Å²) in [5, 5.41) is 6.50. The molecule has 1 aliphatic heterocycles. The molecular formula is C16H24N6O2. The Kier molecular flexibility index (Phi) is 4.06. The van der Waals surface area contributed by atoms with Crippen LogP contribution in [0.4, 0.5) is 5.95 Å². The maximum absolute atomic E-state index is 12.7. The number of hydrogen-bond donors (Lipinski definition) is 0. The lowest BCUT2D eigenvalue weighted by Crippen LogP contribution is -2.38. The van der Waals surface area contributed by atoms with Gasteiger partial charge in [-0.3, -0.25) is 18.5 Å². The van der Waals surface area contributed by atoms with E-state index in [0.717, 1.165) is 36.1 Å². The molecule has 3 heterocycles. The molecule has 0 radical (unpaired) electrons. The van der Waals surface area contributed by atoms with Gasteiger partial charge in [-0.15, -0.1) is 0 Å². The van der Waals surface area contributed by atoms with Crippen molar-refractivity contribution in [3.63, 3.8) is 0 Å². The van der Waals surface area contributed by atoms with Crippen molar-refractivity contribution < 1.29 is 0 Å². The molecule has 0 spiro atoms. The van der Waals surface area contributed by atoms with Crippen LogP contribution in [-0.4, -0.2) is 30.9 Å². The molecule has 0 fully saturated rings. The molecule has 0 saturated heterocycles. The van der Waals surface area contributed by atoms with Gasteiger partial charge in [-0.1, -0.05) is 19.8 Å². The van der Waals surface area contributed by atoms with E-state index in [1.54, 1.807) is 7.05 Å². The minimum Gasteiger partial charge on any atom is -0.294 e. The number of nitrogens with zero attached hydrogens (tertiary/aromatic N) is 6. The summed E-state index contributed by atoms with van der Waals surface area (Å²) in [5.74, 6) is 0.637. The number of fused-ring (bicyclic) bond motifs is 3. The molecule has 8 heteroatoms. The first-order valence-electron chi connectivity index (χ1n) is 8.39. The molecule has 0 aliphatic carbocycles. The first-order chi connectivity index (χ1) is 11.4. The Morgan fingerprint density at radius 1 is 1.12 bits per heavy atom. The summed E-state index contributed by atoms with van der Waals surface area (Å²) in [6.07, 6.45) is 3.24. The number of anilines is 1. The van der Waals surface area contributed by atoms with Crippen molar-refractivity contribution in [2.24, 2.45) is 19.2 Å². The van der Waals surface area contributed by atoms with Gasteiger partial charge in [0.2, 0.25) is 5.95 Å². The van der Waals surface area contributed by atoms with E-state index in [-0.39, 0.29) is 17.3 Å². The van der Waals surface area contributed by atoms with Gasteiger partial charge in [0.05, 0.1) is 11.8 Å². The van der Waals surface area contributed by atoms with Crippen molar-refractivity contribution in [2.45, 2.75) is 46.1 Å². The summed E-state index contributed by atoms with van der Waals surface area (Å²) < 4.78 is 4.46. The molecule has 0 aromatic carbocycles. The van der Waals surface area contributed by atoms with Crippen LogP contribution in [0.5, 0.6) is 0 Å². The molecule has 3 rings (SSSR count). The molecule has 0 unspecified atom stereocenters. The van der Waals surface area contributed by atoms with Crippen LogP contribution in [0.3, 0.4) is 0 Å². The summed E-state index contributed by atoms with van der Waals surface area (Å²) in [4.78, 5) is 29.5. The average Bonchev–Trinajstić information content (AvgIpc) is 2.96. The highest BCUT2D eigenvalue weighted by molar-refractivity contribution is 5.90. The fraction of sp³-hybridized carbons (Fsp3) is 0.625. The molecule has 1 aliphatic rings. The lowest BCUT2D eigenvalue weighted by atomic mass is 10.2. The lowest BCUT2D eigenvalue weighted by Gasteiger charge is -2.29. The zero-order valence-electron chi connectivity index (χ0n) is 14.9. The number of rotatable bonds is 4. The normalized spacial score (nSPS) is 17.3. The second kappa shape index (κ2) is 5.92. The van der Waals surface area contributed by atoms with Gasteiger partial charge in [-0.25, -0.2) is 9.80 Å². The highest BCUT2D eigenvalue weighted by Gasteiger charge is 2.29. The summed E-state index contributed by atoms with van der Waals surface area (Å²) in [6.45, 7) is 6.85. The molecule has 0 N–H and O–H groups in total. The molecule has 8 nitrogen and oxygen atoms in total. The fourth-order valence-electron chi connectivity index (χ4n) is 3.12. The van der Waals surface area contributed by atoms with Gasteiger partial charge >= 0.3 is 5.69 Å². The van der Waals surface area contributed by atoms with Gasteiger partial charge in [0.1, 0.15) is 0 Å². The first kappa shape index (κ1) is 16.5. The number of imidazole rings is 1. The molecule has 2 aromatic heterocycles.